The molecule has 0 saturated carbocycles. The normalized spacial score (nSPS) is 12.9. The van der Waals surface area contributed by atoms with Crippen LogP contribution in [-0.2, 0) is 83.0 Å². The van der Waals surface area contributed by atoms with Gasteiger partial charge < -0.3 is 9.41 Å². The third-order valence-electron chi connectivity index (χ3n) is 25.8. The molecule has 138 heavy (non-hydrogen) atoms. The first kappa shape index (κ1) is 93.6. The third kappa shape index (κ3) is 18.8. The van der Waals surface area contributed by atoms with Crippen molar-refractivity contribution in [3.8, 4) is 120 Å². The summed E-state index contributed by atoms with van der Waals surface area (Å²) in [6.45, 7) is 13.8. The average Bonchev–Trinajstić information content (AvgIpc) is 1.58. The minimum absolute atomic E-state index is 0. The van der Waals surface area contributed by atoms with Crippen LogP contribution in [0.25, 0.3) is 172 Å². The summed E-state index contributed by atoms with van der Waals surface area (Å²) in [5.41, 5.74) is 39.1. The topological polar surface area (TPSA) is 90.0 Å². The minimum Gasteiger partial charge on any atom is -0.481 e. The van der Waals surface area contributed by atoms with E-state index in [9.17, 15) is 0 Å². The van der Waals surface area contributed by atoms with Gasteiger partial charge >= 0.3 is 0 Å². The maximum absolute atomic E-state index is 5.80. The van der Waals surface area contributed by atoms with E-state index in [4.69, 9.17) is 29.3 Å². The fourth-order valence-electron chi connectivity index (χ4n) is 18.8. The van der Waals surface area contributed by atoms with E-state index in [0.29, 0.717) is 5.89 Å². The number of benzene rings is 18. The first-order valence-corrected chi connectivity index (χ1v) is 48.6. The van der Waals surface area contributed by atoms with E-state index in [0.717, 1.165) is 110 Å². The van der Waals surface area contributed by atoms with Crippen molar-refractivity contribution in [2.45, 2.75) is 64.2 Å². The van der Waals surface area contributed by atoms with Gasteiger partial charge in [0.2, 0.25) is 0 Å². The molecule has 14 heteroatoms. The van der Waals surface area contributed by atoms with Crippen LogP contribution >= 0.6 is 45.3 Å². The molecule has 27 rings (SSSR count). The van der Waals surface area contributed by atoms with Crippen molar-refractivity contribution in [3.63, 3.8) is 0 Å². The van der Waals surface area contributed by atoms with Gasteiger partial charge in [0.05, 0.1) is 33.3 Å². The van der Waals surface area contributed by atoms with Gasteiger partial charge in [-0.3, -0.25) is 24.9 Å². The molecule has 6 heterocycles. The van der Waals surface area contributed by atoms with Crippen LogP contribution in [0.3, 0.4) is 0 Å². The van der Waals surface area contributed by atoms with E-state index in [2.05, 4.69) is 368 Å². The molecule has 4 aliphatic rings. The van der Waals surface area contributed by atoms with Crippen LogP contribution in [0.2, 0.25) is 0 Å². The summed E-state index contributed by atoms with van der Waals surface area (Å²) in [6, 6.07) is 158. The first-order chi connectivity index (χ1) is 66.1. The number of fused-ring (bicyclic) bond motifs is 15. The number of thiazole rings is 4. The molecule has 0 saturated heterocycles. The molecule has 18 aromatic carbocycles. The number of hydrogen-bond acceptors (Lipinski definition) is 11. The number of hydrogen-bond donors (Lipinski definition) is 0. The Kier molecular flexibility index (Phi) is 27.4. The summed E-state index contributed by atoms with van der Waals surface area (Å²) in [4.78, 5) is 28.3. The second-order valence-corrected chi connectivity index (χ2v) is 39.5. The van der Waals surface area contributed by atoms with E-state index < -0.39 is 0 Å². The molecule has 3 aliphatic carbocycles. The second-order valence-electron chi connectivity index (χ2n) is 35.4. The molecule has 0 spiro atoms. The number of para-hydroxylation sites is 7. The van der Waals surface area contributed by atoms with Gasteiger partial charge in [-0.2, -0.15) is 45.3 Å². The van der Waals surface area contributed by atoms with E-state index in [1.807, 2.05) is 115 Å². The average molecular weight is 2380 g/mol. The predicted molar refractivity (Wildman–Crippen MR) is 564 cm³/mol. The van der Waals surface area contributed by atoms with Gasteiger partial charge in [0.25, 0.3) is 0 Å². The first-order valence-electron chi connectivity index (χ1n) is 45.3. The molecule has 3 radical (unpaired) electrons. The largest absolute Gasteiger partial charge is 0.481 e. The van der Waals surface area contributed by atoms with Gasteiger partial charge in [-0.15, -0.1) is 189 Å². The van der Waals surface area contributed by atoms with Crippen LogP contribution in [-0.4, -0.2) is 30.6 Å². The second kappa shape index (κ2) is 40.3. The molecule has 0 unspecified atom stereocenters. The van der Waals surface area contributed by atoms with Crippen molar-refractivity contribution in [2.75, 3.05) is 0 Å². The fourth-order valence-corrected chi connectivity index (χ4v) is 22.5. The Morgan fingerprint density at radius 3 is 0.935 bits per heavy atom. The van der Waals surface area contributed by atoms with Crippen molar-refractivity contribution < 1.29 is 64.7 Å². The standard InChI is InChI=1S/3C22H16NS.C20H14N.C19H12NO.C19H12NS.3Ir/c3*1-22(2)17-8-4-3-7-15(17)16-12-11-14(13-18(16)22)21-23-19-9-5-6-10-20(19)24-21;1-2-7-15(8-3-1)16-10-6-11-17(13-16)20-14-18-9-4-5-12-19(18)21-20;2*1-2-7-14(8-3-1)15-9-6-10-16(13-15)19-20-17-11-4-5-12-18(17)21-19;;;/h3*3-10,12-13H,1-2H3;1-10,12-13H,14H2;2*1-9,11-13H;;;/q6*-1;;;. The van der Waals surface area contributed by atoms with Gasteiger partial charge in [-0.25, -0.2) is 0 Å². The molecule has 7 nitrogen and oxygen atoms in total. The Labute approximate surface area is 861 Å². The maximum atomic E-state index is 5.80. The molecule has 0 bridgehead atoms. The smallest absolute Gasteiger partial charge is 0.141 e. The van der Waals surface area contributed by atoms with Crippen LogP contribution in [0, 0.1) is 36.4 Å². The zero-order valence-electron chi connectivity index (χ0n) is 76.0. The minimum atomic E-state index is 0. The van der Waals surface area contributed by atoms with Crippen LogP contribution in [0.5, 0.6) is 0 Å². The van der Waals surface area contributed by atoms with Crippen molar-refractivity contribution in [1.82, 2.24) is 24.9 Å². The number of aromatic nitrogens is 5. The molecule has 0 atom stereocenters. The van der Waals surface area contributed by atoms with Crippen LogP contribution in [0.4, 0.5) is 5.69 Å². The zero-order chi connectivity index (χ0) is 91.1. The summed E-state index contributed by atoms with van der Waals surface area (Å²) < 4.78 is 10.7. The molecule has 5 aromatic heterocycles. The molecular formula is C124H86Ir3N6OS4-6. The molecule has 0 N–H and O–H groups in total. The van der Waals surface area contributed by atoms with Gasteiger partial charge in [-0.1, -0.05) is 323 Å². The summed E-state index contributed by atoms with van der Waals surface area (Å²) in [6.07, 6.45) is 0.894. The summed E-state index contributed by atoms with van der Waals surface area (Å²) in [7, 11) is 0. The number of rotatable bonds is 9. The Balaban J connectivity index is 0.000000105. The van der Waals surface area contributed by atoms with E-state index >= 15 is 0 Å². The Morgan fingerprint density at radius 2 is 0.558 bits per heavy atom. The molecular weight excluding hydrogens is 2290 g/mol. The maximum Gasteiger partial charge on any atom is 0.141 e. The monoisotopic (exact) mass is 2380 g/mol. The van der Waals surface area contributed by atoms with Crippen LogP contribution in [0.1, 0.15) is 86.1 Å². The van der Waals surface area contributed by atoms with Crippen molar-refractivity contribution in [3.05, 3.63) is 481 Å². The van der Waals surface area contributed by atoms with E-state index in [1.54, 1.807) is 45.3 Å². The van der Waals surface area contributed by atoms with Gasteiger partial charge in [0, 0.05) is 99.1 Å². The molecule has 675 valence electrons. The number of oxazole rings is 1. The third-order valence-corrected chi connectivity index (χ3v) is 30.1. The van der Waals surface area contributed by atoms with Crippen molar-refractivity contribution in [1.29, 1.82) is 0 Å². The van der Waals surface area contributed by atoms with Crippen LogP contribution in [0.15, 0.2) is 410 Å². The Bertz CT molecular complexity index is 7680. The van der Waals surface area contributed by atoms with Gasteiger partial charge in [-0.05, 0) is 134 Å². The summed E-state index contributed by atoms with van der Waals surface area (Å²) >= 11 is 6.92. The molecule has 1 aliphatic heterocycles. The summed E-state index contributed by atoms with van der Waals surface area (Å²) in [5.74, 6) is 0.606. The molecule has 0 fully saturated rings. The number of nitrogens with zero attached hydrogens (tertiary/aromatic N) is 6. The summed E-state index contributed by atoms with van der Waals surface area (Å²) in [5, 5.41) is 4.16. The van der Waals surface area contributed by atoms with E-state index in [1.165, 1.54) is 119 Å². The Morgan fingerprint density at radius 1 is 0.254 bits per heavy atom. The molecule has 23 aromatic rings. The zero-order valence-corrected chi connectivity index (χ0v) is 86.5. The predicted octanol–water partition coefficient (Wildman–Crippen LogP) is 33.4. The molecule has 0 amide bonds. The SMILES string of the molecule is CC1(C)c2ccccc2-c2c[c-]c(-c3nc4ccccc4s3)cc21.CC1(C)c2ccccc2-c2c[c-]c(-c3nc4ccccc4s3)cc21.CC1(C)c2ccccc2-c2c[c-]c(-c3nc4ccccc4s3)cc21.[Ir].[Ir].[Ir].[c-]1ccc(-c2ccccc2)cc1-c1nc2ccccc2o1.[c-]1ccc(-c2ccccc2)cc1-c1nc2ccccc2s1.[c-]1ccc(-c2ccccc2)cc1C1=Nc2ccccc2C1. The van der Waals surface area contributed by atoms with Crippen molar-refractivity contribution >= 4 is 109 Å². The Hall–Kier alpha value is -13.4. The van der Waals surface area contributed by atoms with Crippen molar-refractivity contribution in [2.24, 2.45) is 4.99 Å². The number of aliphatic imine (C=N–C) groups is 1. The fraction of sp³-hybridized carbons (Fsp3) is 0.0806. The quantitative estimate of drug-likeness (QED) is 0.134. The van der Waals surface area contributed by atoms with E-state index in [-0.39, 0.29) is 76.6 Å². The van der Waals surface area contributed by atoms with Crippen LogP contribution < -0.4 is 0 Å². The van der Waals surface area contributed by atoms with Gasteiger partial charge in [0.15, 0.2) is 0 Å². The van der Waals surface area contributed by atoms with Gasteiger partial charge in [0.1, 0.15) is 11.5 Å².